The van der Waals surface area contributed by atoms with Gasteiger partial charge in [0.1, 0.15) is 5.76 Å². The molecule has 20 heavy (non-hydrogen) atoms. The summed E-state index contributed by atoms with van der Waals surface area (Å²) in [7, 11) is 0. The Morgan fingerprint density at radius 2 is 2.00 bits per heavy atom. The first kappa shape index (κ1) is 15.0. The molecule has 1 saturated heterocycles. The molecule has 0 aromatic carbocycles. The minimum atomic E-state index is -0.0755. The van der Waals surface area contributed by atoms with Crippen LogP contribution in [0.3, 0.4) is 0 Å². The molecule has 1 aromatic rings. The third-order valence-corrected chi connectivity index (χ3v) is 3.24. The Labute approximate surface area is 123 Å². The van der Waals surface area contributed by atoms with Crippen LogP contribution in [-0.4, -0.2) is 60.1 Å². The molecule has 1 fully saturated rings. The number of amides is 1. The van der Waals surface area contributed by atoms with Gasteiger partial charge in [-0.25, -0.2) is 0 Å². The van der Waals surface area contributed by atoms with Crippen molar-refractivity contribution in [3.8, 4) is 0 Å². The molecule has 0 radical (unpaired) electrons. The molecule has 1 amide bonds. The highest BCUT2D eigenvalue weighted by molar-refractivity contribution is 6.29. The Bertz CT molecular complexity index is 480. The van der Waals surface area contributed by atoms with Crippen LogP contribution in [0.4, 0.5) is 5.82 Å². The van der Waals surface area contributed by atoms with Crippen LogP contribution in [0, 0.1) is 6.92 Å². The lowest BCUT2D eigenvalue weighted by molar-refractivity contribution is -0.117. The fourth-order valence-corrected chi connectivity index (χ4v) is 2.33. The van der Waals surface area contributed by atoms with E-state index in [1.165, 1.54) is 0 Å². The summed E-state index contributed by atoms with van der Waals surface area (Å²) in [6.45, 7) is 10.0. The monoisotopic (exact) mass is 298 g/mol. The number of halogens is 1. The summed E-state index contributed by atoms with van der Waals surface area (Å²) in [5.74, 6) is 1.06. The highest BCUT2D eigenvalue weighted by atomic mass is 35.5. The van der Waals surface area contributed by atoms with Gasteiger partial charge >= 0.3 is 0 Å². The molecule has 6 nitrogen and oxygen atoms in total. The van der Waals surface area contributed by atoms with Gasteiger partial charge in [0.15, 0.2) is 5.82 Å². The zero-order valence-corrected chi connectivity index (χ0v) is 12.3. The van der Waals surface area contributed by atoms with Crippen molar-refractivity contribution >= 4 is 23.3 Å². The average Bonchev–Trinajstić information content (AvgIpc) is 2.76. The standard InChI is InChI=1S/C13H19ClN4O2/c1-10(14)8-17-3-5-18(6-4-17)9-13(19)15-12-7-11(2)20-16-12/h7H,1,3-6,8-9H2,2H3,(H,15,16,19). The van der Waals surface area contributed by atoms with Gasteiger partial charge in [-0.1, -0.05) is 23.3 Å². The third-order valence-electron chi connectivity index (χ3n) is 3.12. The molecule has 7 heteroatoms. The molecule has 1 N–H and O–H groups in total. The van der Waals surface area contributed by atoms with Gasteiger partial charge in [-0.05, 0) is 6.92 Å². The van der Waals surface area contributed by atoms with Crippen LogP contribution >= 0.6 is 11.6 Å². The molecule has 0 unspecified atom stereocenters. The number of carbonyl (C=O) groups is 1. The van der Waals surface area contributed by atoms with Gasteiger partial charge in [-0.2, -0.15) is 0 Å². The van der Waals surface area contributed by atoms with Crippen molar-refractivity contribution in [1.29, 1.82) is 0 Å². The number of carbonyl (C=O) groups excluding carboxylic acids is 1. The molecule has 0 atom stereocenters. The van der Waals surface area contributed by atoms with Gasteiger partial charge in [0.05, 0.1) is 6.54 Å². The van der Waals surface area contributed by atoms with Gasteiger partial charge < -0.3 is 9.84 Å². The van der Waals surface area contributed by atoms with Crippen molar-refractivity contribution in [3.05, 3.63) is 23.4 Å². The van der Waals surface area contributed by atoms with Crippen molar-refractivity contribution in [1.82, 2.24) is 15.0 Å². The van der Waals surface area contributed by atoms with Gasteiger partial charge in [0.2, 0.25) is 5.91 Å². The van der Waals surface area contributed by atoms with E-state index < -0.39 is 0 Å². The minimum Gasteiger partial charge on any atom is -0.360 e. The lowest BCUT2D eigenvalue weighted by atomic mass is 10.3. The van der Waals surface area contributed by atoms with Gasteiger partial charge in [0, 0.05) is 43.8 Å². The molecule has 1 aliphatic rings. The number of anilines is 1. The van der Waals surface area contributed by atoms with E-state index in [1.807, 2.05) is 0 Å². The summed E-state index contributed by atoms with van der Waals surface area (Å²) in [5.41, 5.74) is 0. The van der Waals surface area contributed by atoms with E-state index in [1.54, 1.807) is 13.0 Å². The summed E-state index contributed by atoms with van der Waals surface area (Å²) < 4.78 is 4.90. The number of nitrogens with one attached hydrogen (secondary N) is 1. The molecular formula is C13H19ClN4O2. The number of hydrogen-bond acceptors (Lipinski definition) is 5. The molecule has 0 spiro atoms. The summed E-state index contributed by atoms with van der Waals surface area (Å²) in [5, 5.41) is 7.11. The maximum absolute atomic E-state index is 11.9. The molecule has 1 aromatic heterocycles. The lowest BCUT2D eigenvalue weighted by Crippen LogP contribution is -2.48. The average molecular weight is 299 g/mol. The summed E-state index contributed by atoms with van der Waals surface area (Å²) in [6, 6.07) is 1.70. The second-order valence-corrected chi connectivity index (χ2v) is 5.48. The first-order chi connectivity index (χ1) is 9.52. The number of nitrogens with zero attached hydrogens (tertiary/aromatic N) is 3. The maximum Gasteiger partial charge on any atom is 0.239 e. The Balaban J connectivity index is 1.72. The predicted octanol–water partition coefficient (Wildman–Crippen LogP) is 1.29. The minimum absolute atomic E-state index is 0.0755. The molecule has 0 saturated carbocycles. The van der Waals surface area contributed by atoms with E-state index in [0.717, 1.165) is 26.2 Å². The summed E-state index contributed by atoms with van der Waals surface area (Å²) in [4.78, 5) is 16.2. The van der Waals surface area contributed by atoms with Gasteiger partial charge in [-0.15, -0.1) is 0 Å². The number of aryl methyl sites for hydroxylation is 1. The molecule has 110 valence electrons. The van der Waals surface area contributed by atoms with E-state index in [2.05, 4.69) is 26.9 Å². The molecular weight excluding hydrogens is 280 g/mol. The normalized spacial score (nSPS) is 17.1. The van der Waals surface area contributed by atoms with Crippen molar-refractivity contribution in [2.75, 3.05) is 44.6 Å². The Morgan fingerprint density at radius 3 is 2.50 bits per heavy atom. The quantitative estimate of drug-likeness (QED) is 0.887. The van der Waals surface area contributed by atoms with Crippen LogP contribution in [-0.2, 0) is 4.79 Å². The van der Waals surface area contributed by atoms with Crippen LogP contribution in [0.15, 0.2) is 22.2 Å². The molecule has 2 rings (SSSR count). The van der Waals surface area contributed by atoms with E-state index in [-0.39, 0.29) is 5.91 Å². The number of hydrogen-bond donors (Lipinski definition) is 1. The Hall–Kier alpha value is -1.37. The molecule has 1 aliphatic heterocycles. The molecule has 2 heterocycles. The largest absolute Gasteiger partial charge is 0.360 e. The fourth-order valence-electron chi connectivity index (χ4n) is 2.16. The highest BCUT2D eigenvalue weighted by Crippen LogP contribution is 2.09. The second-order valence-electron chi connectivity index (χ2n) is 4.94. The van der Waals surface area contributed by atoms with Crippen LogP contribution < -0.4 is 5.32 Å². The Kier molecular flexibility index (Phi) is 5.17. The van der Waals surface area contributed by atoms with E-state index in [4.69, 9.17) is 16.1 Å². The number of aromatic nitrogens is 1. The van der Waals surface area contributed by atoms with Crippen LogP contribution in [0.2, 0.25) is 0 Å². The number of rotatable bonds is 5. The zero-order valence-electron chi connectivity index (χ0n) is 11.6. The van der Waals surface area contributed by atoms with Crippen molar-refractivity contribution in [2.45, 2.75) is 6.92 Å². The predicted molar refractivity (Wildman–Crippen MR) is 77.7 cm³/mol. The van der Waals surface area contributed by atoms with Crippen molar-refractivity contribution < 1.29 is 9.32 Å². The van der Waals surface area contributed by atoms with Crippen molar-refractivity contribution in [2.24, 2.45) is 0 Å². The molecule has 0 aliphatic carbocycles. The second kappa shape index (κ2) is 6.88. The lowest BCUT2D eigenvalue weighted by Gasteiger charge is -2.33. The molecule has 0 bridgehead atoms. The highest BCUT2D eigenvalue weighted by Gasteiger charge is 2.19. The SMILES string of the molecule is C=C(Cl)CN1CCN(CC(=O)Nc2cc(C)on2)CC1. The first-order valence-electron chi connectivity index (χ1n) is 6.54. The van der Waals surface area contributed by atoms with Gasteiger partial charge in [-0.3, -0.25) is 14.6 Å². The maximum atomic E-state index is 11.9. The summed E-state index contributed by atoms with van der Waals surface area (Å²) >= 11 is 5.79. The third kappa shape index (κ3) is 4.63. The Morgan fingerprint density at radius 1 is 1.40 bits per heavy atom. The number of piperazine rings is 1. The first-order valence-corrected chi connectivity index (χ1v) is 6.92. The van der Waals surface area contributed by atoms with E-state index in [0.29, 0.717) is 29.7 Å². The smallest absolute Gasteiger partial charge is 0.239 e. The van der Waals surface area contributed by atoms with Gasteiger partial charge in [0.25, 0.3) is 0 Å². The van der Waals surface area contributed by atoms with Crippen LogP contribution in [0.25, 0.3) is 0 Å². The zero-order chi connectivity index (χ0) is 14.5. The van der Waals surface area contributed by atoms with E-state index in [9.17, 15) is 4.79 Å². The fraction of sp³-hybridized carbons (Fsp3) is 0.538. The summed E-state index contributed by atoms with van der Waals surface area (Å²) in [6.07, 6.45) is 0. The van der Waals surface area contributed by atoms with Crippen LogP contribution in [0.5, 0.6) is 0 Å². The van der Waals surface area contributed by atoms with E-state index >= 15 is 0 Å². The van der Waals surface area contributed by atoms with Crippen LogP contribution in [0.1, 0.15) is 5.76 Å². The van der Waals surface area contributed by atoms with Crippen molar-refractivity contribution in [3.63, 3.8) is 0 Å². The topological polar surface area (TPSA) is 61.6 Å².